The van der Waals surface area contributed by atoms with Gasteiger partial charge in [-0.1, -0.05) is 11.3 Å². The van der Waals surface area contributed by atoms with Gasteiger partial charge in [-0.05, 0) is 6.42 Å². The number of hydrogen-bond donors (Lipinski definition) is 2. The number of nitrogens with zero attached hydrogens (tertiary/aromatic N) is 1. The van der Waals surface area contributed by atoms with Crippen LogP contribution in [0.2, 0.25) is 0 Å². The van der Waals surface area contributed by atoms with Crippen molar-refractivity contribution in [1.29, 1.82) is 0 Å². The van der Waals surface area contributed by atoms with Crippen LogP contribution in [0, 0.1) is 16.0 Å². The second kappa shape index (κ2) is 4.55. The quantitative estimate of drug-likeness (QED) is 0.620. The first-order chi connectivity index (χ1) is 9.08. The topological polar surface area (TPSA) is 107 Å². The molecule has 1 aromatic heterocycles. The molecular formula is C11H13N3O4S. The van der Waals surface area contributed by atoms with Crippen molar-refractivity contribution < 1.29 is 14.5 Å². The minimum atomic E-state index is -0.507. The van der Waals surface area contributed by atoms with Crippen molar-refractivity contribution in [2.45, 2.75) is 24.6 Å². The number of thiophene rings is 1. The lowest BCUT2D eigenvalue weighted by Gasteiger charge is -2.45. The molecule has 2 heterocycles. The number of carbonyl (C=O) groups is 1. The van der Waals surface area contributed by atoms with Crippen LogP contribution in [0.25, 0.3) is 0 Å². The molecule has 2 fully saturated rings. The summed E-state index contributed by atoms with van der Waals surface area (Å²) in [4.78, 5) is 22.0. The second-order valence-electron chi connectivity index (χ2n) is 4.80. The van der Waals surface area contributed by atoms with Crippen molar-refractivity contribution >= 4 is 22.2 Å². The predicted octanol–water partition coefficient (Wildman–Crippen LogP) is 0.501. The van der Waals surface area contributed by atoms with Gasteiger partial charge in [-0.15, -0.1) is 0 Å². The zero-order chi connectivity index (χ0) is 13.6. The number of rotatable bonds is 3. The maximum Gasteiger partial charge on any atom is 0.324 e. The van der Waals surface area contributed by atoms with Crippen LogP contribution >= 0.6 is 11.3 Å². The van der Waals surface area contributed by atoms with Gasteiger partial charge >= 0.3 is 5.00 Å². The predicted molar refractivity (Wildman–Crippen MR) is 68.1 cm³/mol. The largest absolute Gasteiger partial charge is 0.376 e. The molecule has 3 N–H and O–H groups in total. The van der Waals surface area contributed by atoms with E-state index in [1.54, 1.807) is 0 Å². The highest BCUT2D eigenvalue weighted by Crippen LogP contribution is 2.38. The molecule has 0 radical (unpaired) electrons. The van der Waals surface area contributed by atoms with E-state index in [0.29, 0.717) is 18.1 Å². The summed E-state index contributed by atoms with van der Waals surface area (Å²) in [5.74, 6) is -0.0131. The molecule has 4 unspecified atom stereocenters. The summed E-state index contributed by atoms with van der Waals surface area (Å²) >= 11 is 0.937. The molecule has 0 aromatic carbocycles. The number of ether oxygens (including phenoxy) is 1. The van der Waals surface area contributed by atoms with Gasteiger partial charge in [0.15, 0.2) is 0 Å². The van der Waals surface area contributed by atoms with Crippen LogP contribution in [0.1, 0.15) is 16.8 Å². The third-order valence-corrected chi connectivity index (χ3v) is 4.65. The zero-order valence-corrected chi connectivity index (χ0v) is 10.8. The minimum absolute atomic E-state index is 0.00688. The lowest BCUT2D eigenvalue weighted by atomic mass is 9.72. The monoisotopic (exact) mass is 283 g/mol. The number of hydrogen-bond acceptors (Lipinski definition) is 6. The van der Waals surface area contributed by atoms with Crippen LogP contribution in [0.4, 0.5) is 5.00 Å². The zero-order valence-electron chi connectivity index (χ0n) is 9.94. The summed E-state index contributed by atoms with van der Waals surface area (Å²) in [6.07, 6.45) is 0.926. The van der Waals surface area contributed by atoms with Gasteiger partial charge in [0.1, 0.15) is 0 Å². The van der Waals surface area contributed by atoms with Gasteiger partial charge in [0.25, 0.3) is 5.91 Å². The van der Waals surface area contributed by atoms with Crippen molar-refractivity contribution in [3.63, 3.8) is 0 Å². The Balaban J connectivity index is 1.66. The third-order valence-electron chi connectivity index (χ3n) is 3.77. The molecular weight excluding hydrogens is 270 g/mol. The molecule has 2 aliphatic rings. The van der Waals surface area contributed by atoms with E-state index in [1.165, 1.54) is 11.4 Å². The van der Waals surface area contributed by atoms with E-state index < -0.39 is 4.92 Å². The van der Waals surface area contributed by atoms with E-state index in [4.69, 9.17) is 10.5 Å². The number of nitrogens with two attached hydrogens (primary N) is 1. The number of fused-ring (bicyclic) bond motifs is 1. The van der Waals surface area contributed by atoms with Crippen molar-refractivity contribution in [3.8, 4) is 0 Å². The normalized spacial score (nSPS) is 32.5. The van der Waals surface area contributed by atoms with E-state index in [0.717, 1.165) is 17.8 Å². The highest BCUT2D eigenvalue weighted by molar-refractivity contribution is 7.13. The first kappa shape index (κ1) is 12.5. The molecule has 7 nitrogen and oxygen atoms in total. The molecule has 1 saturated carbocycles. The Hall–Kier alpha value is -1.51. The Kier molecular flexibility index (Phi) is 3.00. The van der Waals surface area contributed by atoms with Gasteiger partial charge in [0.05, 0.1) is 22.6 Å². The Labute approximate surface area is 112 Å². The van der Waals surface area contributed by atoms with Crippen LogP contribution < -0.4 is 11.1 Å². The van der Waals surface area contributed by atoms with Crippen LogP contribution in [-0.4, -0.2) is 35.6 Å². The van der Waals surface area contributed by atoms with Crippen molar-refractivity contribution in [2.75, 3.05) is 6.61 Å². The van der Waals surface area contributed by atoms with E-state index in [2.05, 4.69) is 5.32 Å². The molecule has 8 heteroatoms. The standard InChI is InChI=1S/C11H13N3O4S/c12-8-6-1-2-18-10(6)9(8)13-11(15)5-3-7(14(16)17)19-4-5/h3-4,6,8-10H,1-2,12H2,(H,13,15). The number of nitro groups is 1. The molecule has 1 saturated heterocycles. The summed E-state index contributed by atoms with van der Waals surface area (Å²) in [7, 11) is 0. The van der Waals surface area contributed by atoms with E-state index in [-0.39, 0.29) is 29.1 Å². The molecule has 19 heavy (non-hydrogen) atoms. The molecule has 3 rings (SSSR count). The lowest BCUT2D eigenvalue weighted by molar-refractivity contribution is -0.380. The molecule has 0 bridgehead atoms. The summed E-state index contributed by atoms with van der Waals surface area (Å²) in [5, 5.41) is 14.8. The Morgan fingerprint density at radius 2 is 2.42 bits per heavy atom. The minimum Gasteiger partial charge on any atom is -0.376 e. The molecule has 0 spiro atoms. The summed E-state index contributed by atoms with van der Waals surface area (Å²) in [6.45, 7) is 0.680. The van der Waals surface area contributed by atoms with E-state index in [9.17, 15) is 14.9 Å². The van der Waals surface area contributed by atoms with Crippen molar-refractivity contribution in [2.24, 2.45) is 11.7 Å². The average Bonchev–Trinajstić information content (AvgIpc) is 3.02. The summed E-state index contributed by atoms with van der Waals surface area (Å²) < 4.78 is 5.51. The number of amides is 1. The fraction of sp³-hybridized carbons (Fsp3) is 0.545. The van der Waals surface area contributed by atoms with Crippen LogP contribution in [0.3, 0.4) is 0 Å². The van der Waals surface area contributed by atoms with Gasteiger partial charge in [0.2, 0.25) is 0 Å². The Morgan fingerprint density at radius 3 is 3.11 bits per heavy atom. The lowest BCUT2D eigenvalue weighted by Crippen LogP contribution is -2.68. The maximum atomic E-state index is 12.0. The molecule has 102 valence electrons. The average molecular weight is 283 g/mol. The SMILES string of the molecule is NC1C2CCOC2C1NC(=O)c1csc([N+](=O)[O-])c1. The highest BCUT2D eigenvalue weighted by Gasteiger charge is 2.52. The first-order valence-electron chi connectivity index (χ1n) is 5.99. The molecule has 1 aliphatic carbocycles. The molecule has 1 aromatic rings. The Bertz CT molecular complexity index is 532. The smallest absolute Gasteiger partial charge is 0.324 e. The van der Waals surface area contributed by atoms with Gasteiger partial charge < -0.3 is 15.8 Å². The first-order valence-corrected chi connectivity index (χ1v) is 6.87. The summed E-state index contributed by atoms with van der Waals surface area (Å²) in [6, 6.07) is 0.987. The van der Waals surface area contributed by atoms with E-state index in [1.807, 2.05) is 0 Å². The van der Waals surface area contributed by atoms with Crippen molar-refractivity contribution in [1.82, 2.24) is 5.32 Å². The molecule has 1 aliphatic heterocycles. The van der Waals surface area contributed by atoms with Crippen LogP contribution in [-0.2, 0) is 4.74 Å². The third kappa shape index (κ3) is 2.01. The fourth-order valence-electron chi connectivity index (χ4n) is 2.70. The number of carbonyl (C=O) groups excluding carboxylic acids is 1. The fourth-order valence-corrected chi connectivity index (χ4v) is 3.41. The van der Waals surface area contributed by atoms with Gasteiger partial charge in [0, 0.05) is 30.0 Å². The van der Waals surface area contributed by atoms with Crippen molar-refractivity contribution in [3.05, 3.63) is 27.1 Å². The van der Waals surface area contributed by atoms with Crippen LogP contribution in [0.5, 0.6) is 0 Å². The molecule has 1 amide bonds. The molecule has 4 atom stereocenters. The van der Waals surface area contributed by atoms with Gasteiger partial charge in [-0.3, -0.25) is 14.9 Å². The Morgan fingerprint density at radius 1 is 1.63 bits per heavy atom. The van der Waals surface area contributed by atoms with E-state index >= 15 is 0 Å². The van der Waals surface area contributed by atoms with Gasteiger partial charge in [-0.2, -0.15) is 0 Å². The maximum absolute atomic E-state index is 12.0. The second-order valence-corrected chi connectivity index (χ2v) is 5.68. The van der Waals surface area contributed by atoms with Crippen LogP contribution in [0.15, 0.2) is 11.4 Å². The van der Waals surface area contributed by atoms with Gasteiger partial charge in [-0.25, -0.2) is 0 Å². The highest BCUT2D eigenvalue weighted by atomic mass is 32.1. The number of nitrogens with one attached hydrogen (secondary N) is 1. The summed E-state index contributed by atoms with van der Waals surface area (Å²) in [5.41, 5.74) is 6.28.